The fraction of sp³-hybridized carbons (Fsp3) is 0.192. The van der Waals surface area contributed by atoms with E-state index < -0.39 is 11.7 Å². The first-order valence-electron chi connectivity index (χ1n) is 10.1. The third-order valence-electron chi connectivity index (χ3n) is 5.79. The molecular formula is C26H20F3N. The van der Waals surface area contributed by atoms with E-state index in [0.717, 1.165) is 45.5 Å². The third kappa shape index (κ3) is 3.36. The number of nitrogens with zero attached hydrogens (tertiary/aromatic N) is 1. The Hall–Kier alpha value is -3.14. The maximum atomic E-state index is 13.8. The van der Waals surface area contributed by atoms with Gasteiger partial charge in [0.25, 0.3) is 0 Å². The lowest BCUT2D eigenvalue weighted by atomic mass is 9.87. The Morgan fingerprint density at radius 1 is 0.867 bits per heavy atom. The molecule has 1 fully saturated rings. The first-order chi connectivity index (χ1) is 14.4. The zero-order valence-corrected chi connectivity index (χ0v) is 16.5. The van der Waals surface area contributed by atoms with Crippen molar-refractivity contribution in [2.24, 2.45) is 4.99 Å². The van der Waals surface area contributed by atoms with Crippen LogP contribution in [-0.2, 0) is 6.18 Å². The molecule has 1 aliphatic rings. The van der Waals surface area contributed by atoms with Crippen LogP contribution in [0.4, 0.5) is 13.2 Å². The molecule has 4 aromatic rings. The molecule has 0 spiro atoms. The third-order valence-corrected chi connectivity index (χ3v) is 5.79. The van der Waals surface area contributed by atoms with Crippen LogP contribution in [0.25, 0.3) is 32.7 Å². The molecule has 5 rings (SSSR count). The maximum absolute atomic E-state index is 13.8. The zero-order chi connectivity index (χ0) is 20.9. The van der Waals surface area contributed by atoms with Gasteiger partial charge >= 0.3 is 6.18 Å². The van der Waals surface area contributed by atoms with Crippen LogP contribution in [0.3, 0.4) is 0 Å². The van der Waals surface area contributed by atoms with E-state index in [1.165, 1.54) is 12.1 Å². The van der Waals surface area contributed by atoms with Crippen LogP contribution in [0.1, 0.15) is 29.5 Å². The largest absolute Gasteiger partial charge is 0.416 e. The molecule has 0 heterocycles. The summed E-state index contributed by atoms with van der Waals surface area (Å²) in [7, 11) is 0. The Kier molecular flexibility index (Phi) is 4.39. The summed E-state index contributed by atoms with van der Waals surface area (Å²) in [6, 6.07) is 20.6. The highest BCUT2D eigenvalue weighted by Gasteiger charge is 2.32. The molecule has 4 heteroatoms. The quantitative estimate of drug-likeness (QED) is 0.247. The highest BCUT2D eigenvalue weighted by molar-refractivity contribution is 6.13. The zero-order valence-electron chi connectivity index (χ0n) is 16.5. The first-order valence-corrected chi connectivity index (χ1v) is 10.1. The van der Waals surface area contributed by atoms with Crippen molar-refractivity contribution < 1.29 is 13.2 Å². The molecule has 0 unspecified atom stereocenters. The smallest absolute Gasteiger partial charge is 0.289 e. The van der Waals surface area contributed by atoms with Crippen molar-refractivity contribution in [3.8, 4) is 11.1 Å². The Morgan fingerprint density at radius 3 is 2.03 bits per heavy atom. The van der Waals surface area contributed by atoms with Crippen molar-refractivity contribution in [1.82, 2.24) is 0 Å². The van der Waals surface area contributed by atoms with E-state index in [1.807, 2.05) is 55.5 Å². The normalized spacial score (nSPS) is 14.8. The fourth-order valence-corrected chi connectivity index (χ4v) is 4.01. The minimum Gasteiger partial charge on any atom is -0.289 e. The molecule has 30 heavy (non-hydrogen) atoms. The van der Waals surface area contributed by atoms with Gasteiger partial charge in [0.05, 0.1) is 11.6 Å². The Bertz CT molecular complexity index is 1240. The molecule has 1 aliphatic carbocycles. The van der Waals surface area contributed by atoms with Gasteiger partial charge in [-0.2, -0.15) is 13.2 Å². The number of aliphatic imine (C=N–C) groups is 1. The second-order valence-corrected chi connectivity index (χ2v) is 7.94. The number of alkyl halides is 3. The Morgan fingerprint density at radius 2 is 1.47 bits per heavy atom. The topological polar surface area (TPSA) is 12.4 Å². The number of halogens is 3. The van der Waals surface area contributed by atoms with Crippen molar-refractivity contribution in [1.29, 1.82) is 0 Å². The van der Waals surface area contributed by atoms with Gasteiger partial charge in [-0.05, 0) is 81.8 Å². The first kappa shape index (κ1) is 18.9. The molecule has 0 aromatic heterocycles. The summed E-state index contributed by atoms with van der Waals surface area (Å²) >= 11 is 0. The molecule has 150 valence electrons. The Balaban J connectivity index is 1.87. The van der Waals surface area contributed by atoms with E-state index in [-0.39, 0.29) is 6.04 Å². The molecule has 1 saturated carbocycles. The molecule has 1 nitrogen and oxygen atoms in total. The summed E-state index contributed by atoms with van der Waals surface area (Å²) in [6.07, 6.45) is -0.783. The second kappa shape index (κ2) is 6.98. The van der Waals surface area contributed by atoms with Gasteiger partial charge < -0.3 is 0 Å². The number of fused-ring (bicyclic) bond motifs is 2. The van der Waals surface area contributed by atoms with Gasteiger partial charge in [-0.1, -0.05) is 48.5 Å². The van der Waals surface area contributed by atoms with E-state index in [4.69, 9.17) is 0 Å². The summed E-state index contributed by atoms with van der Waals surface area (Å²) in [6.45, 7) is 1.89. The van der Waals surface area contributed by atoms with Gasteiger partial charge in [0.15, 0.2) is 0 Å². The summed E-state index contributed by atoms with van der Waals surface area (Å²) < 4.78 is 41.4. The van der Waals surface area contributed by atoms with E-state index >= 15 is 0 Å². The van der Waals surface area contributed by atoms with Crippen LogP contribution in [0.15, 0.2) is 71.7 Å². The average molecular weight is 403 g/mol. The number of benzene rings is 4. The Labute approximate surface area is 172 Å². The monoisotopic (exact) mass is 403 g/mol. The van der Waals surface area contributed by atoms with Gasteiger partial charge in [-0.3, -0.25) is 4.99 Å². The highest BCUT2D eigenvalue weighted by atomic mass is 19.4. The summed E-state index contributed by atoms with van der Waals surface area (Å²) in [5.41, 5.74) is 2.15. The molecule has 0 radical (unpaired) electrons. The average Bonchev–Trinajstić information content (AvgIpc) is 3.55. The molecule has 4 aromatic carbocycles. The lowest BCUT2D eigenvalue weighted by molar-refractivity contribution is -0.137. The molecule has 0 saturated heterocycles. The highest BCUT2D eigenvalue weighted by Crippen LogP contribution is 2.41. The van der Waals surface area contributed by atoms with Crippen LogP contribution in [0.5, 0.6) is 0 Å². The van der Waals surface area contributed by atoms with Gasteiger partial charge in [0.1, 0.15) is 0 Å². The second-order valence-electron chi connectivity index (χ2n) is 7.94. The predicted octanol–water partition coefficient (Wildman–Crippen LogP) is 7.57. The van der Waals surface area contributed by atoms with Gasteiger partial charge in [-0.25, -0.2) is 0 Å². The van der Waals surface area contributed by atoms with E-state index in [2.05, 4.69) is 11.1 Å². The molecular weight excluding hydrogens is 383 g/mol. The van der Waals surface area contributed by atoms with E-state index in [9.17, 15) is 13.2 Å². The minimum absolute atomic E-state index is 0.251. The van der Waals surface area contributed by atoms with Crippen molar-refractivity contribution >= 4 is 27.8 Å². The number of rotatable bonds is 3. The van der Waals surface area contributed by atoms with Crippen molar-refractivity contribution in [3.05, 3.63) is 83.4 Å². The predicted molar refractivity (Wildman–Crippen MR) is 117 cm³/mol. The van der Waals surface area contributed by atoms with Crippen LogP contribution >= 0.6 is 0 Å². The molecule has 0 bridgehead atoms. The summed E-state index contributed by atoms with van der Waals surface area (Å²) in [5, 5.41) is 3.92. The lowest BCUT2D eigenvalue weighted by Gasteiger charge is -2.18. The van der Waals surface area contributed by atoms with Gasteiger partial charge in [0.2, 0.25) is 0 Å². The molecule has 0 N–H and O–H groups in total. The van der Waals surface area contributed by atoms with Crippen LogP contribution in [0, 0.1) is 6.92 Å². The lowest BCUT2D eigenvalue weighted by Crippen LogP contribution is -2.08. The van der Waals surface area contributed by atoms with E-state index in [0.29, 0.717) is 11.1 Å². The fourth-order valence-electron chi connectivity index (χ4n) is 4.01. The summed E-state index contributed by atoms with van der Waals surface area (Å²) in [5.74, 6) is 0. The summed E-state index contributed by atoms with van der Waals surface area (Å²) in [4.78, 5) is 4.46. The standard InChI is InChI=1S/C26H20F3N/c1-16-19(15-30-21-10-11-21)13-20(26(27,28)29)14-24(16)25-22-8-4-2-6-17(22)12-18-7-3-5-9-23(18)25/h2-9,12-15,21H,10-11H2,1H3. The van der Waals surface area contributed by atoms with Gasteiger partial charge in [0, 0.05) is 6.21 Å². The van der Waals surface area contributed by atoms with Crippen LogP contribution in [-0.4, -0.2) is 12.3 Å². The maximum Gasteiger partial charge on any atom is 0.416 e. The molecule has 0 aliphatic heterocycles. The molecule has 0 amide bonds. The van der Waals surface area contributed by atoms with Crippen molar-refractivity contribution in [3.63, 3.8) is 0 Å². The van der Waals surface area contributed by atoms with Crippen molar-refractivity contribution in [2.75, 3.05) is 0 Å². The molecule has 0 atom stereocenters. The van der Waals surface area contributed by atoms with Crippen molar-refractivity contribution in [2.45, 2.75) is 32.0 Å². The number of hydrogen-bond acceptors (Lipinski definition) is 1. The van der Waals surface area contributed by atoms with Crippen LogP contribution < -0.4 is 0 Å². The van der Waals surface area contributed by atoms with Crippen LogP contribution in [0.2, 0.25) is 0 Å². The number of hydrogen-bond donors (Lipinski definition) is 0. The SMILES string of the molecule is Cc1c(C=NC2CC2)cc(C(F)(F)F)cc1-c1c2ccccc2cc2ccccc12. The minimum atomic E-state index is -4.43. The van der Waals surface area contributed by atoms with E-state index in [1.54, 1.807) is 6.21 Å². The van der Waals surface area contributed by atoms with Gasteiger partial charge in [-0.15, -0.1) is 0 Å².